The van der Waals surface area contributed by atoms with Crippen molar-refractivity contribution in [2.45, 2.75) is 103 Å². The standard InChI is InChI=1S/C17H21FN2O.C10H19FO/c1-13(21)7-3-2-4-8-14-11-19-17(20-12-14)15-9-5-6-10-16(15)18;1-2-3-4-5-6-10-9(11)7-8-12-10/h5-6,9-13,21H,2-4,7-8H2,1H3;9-10H,2-8H2,1H3. The number of unbranched alkanes of at least 4 members (excludes halogenated alkanes) is 5. The van der Waals surface area contributed by atoms with Gasteiger partial charge in [0.1, 0.15) is 12.0 Å². The summed E-state index contributed by atoms with van der Waals surface area (Å²) in [4.78, 5) is 8.49. The van der Waals surface area contributed by atoms with E-state index in [1.807, 2.05) is 6.92 Å². The molecule has 1 aromatic heterocycles. The number of hydrogen-bond acceptors (Lipinski definition) is 4. The maximum atomic E-state index is 13.6. The summed E-state index contributed by atoms with van der Waals surface area (Å²) in [6.45, 7) is 4.62. The van der Waals surface area contributed by atoms with Crippen LogP contribution in [0.4, 0.5) is 8.78 Å². The summed E-state index contributed by atoms with van der Waals surface area (Å²) in [5.74, 6) is 0.120. The normalized spacial score (nSPS) is 18.6. The fraction of sp³-hybridized carbons (Fsp3) is 0.630. The van der Waals surface area contributed by atoms with Gasteiger partial charge in [-0.25, -0.2) is 18.7 Å². The molecule has 1 aliphatic heterocycles. The molecule has 0 radical (unpaired) electrons. The van der Waals surface area contributed by atoms with Crippen LogP contribution in [0.3, 0.4) is 0 Å². The molecule has 3 atom stereocenters. The molecule has 3 rings (SSSR count). The van der Waals surface area contributed by atoms with Crippen LogP contribution in [0.15, 0.2) is 36.7 Å². The summed E-state index contributed by atoms with van der Waals surface area (Å²) in [6, 6.07) is 6.52. The van der Waals surface area contributed by atoms with E-state index < -0.39 is 6.17 Å². The lowest BCUT2D eigenvalue weighted by atomic mass is 10.1. The zero-order valence-electron chi connectivity index (χ0n) is 20.2. The molecule has 1 aliphatic rings. The Morgan fingerprint density at radius 1 is 1.06 bits per heavy atom. The van der Waals surface area contributed by atoms with Crippen LogP contribution in [0.5, 0.6) is 0 Å². The Morgan fingerprint density at radius 2 is 1.79 bits per heavy atom. The van der Waals surface area contributed by atoms with E-state index in [-0.39, 0.29) is 18.0 Å². The lowest BCUT2D eigenvalue weighted by Gasteiger charge is -2.10. The number of hydrogen-bond donors (Lipinski definition) is 1. The van der Waals surface area contributed by atoms with Gasteiger partial charge in [-0.3, -0.25) is 0 Å². The van der Waals surface area contributed by atoms with Crippen molar-refractivity contribution in [1.82, 2.24) is 9.97 Å². The summed E-state index contributed by atoms with van der Waals surface area (Å²) in [5.41, 5.74) is 1.49. The number of benzene rings is 1. The number of aromatic nitrogens is 2. The molecule has 1 aromatic carbocycles. The number of alkyl halides is 1. The van der Waals surface area contributed by atoms with E-state index in [9.17, 15) is 13.9 Å². The minimum Gasteiger partial charge on any atom is -0.393 e. The minimum absolute atomic E-state index is 0.0816. The molecule has 184 valence electrons. The molecule has 2 heterocycles. The van der Waals surface area contributed by atoms with Gasteiger partial charge in [0.2, 0.25) is 0 Å². The number of ether oxygens (including phenoxy) is 1. The topological polar surface area (TPSA) is 55.2 Å². The quantitative estimate of drug-likeness (QED) is 0.351. The maximum Gasteiger partial charge on any atom is 0.162 e. The first-order valence-electron chi connectivity index (χ1n) is 12.5. The molecule has 1 N–H and O–H groups in total. The van der Waals surface area contributed by atoms with E-state index >= 15 is 0 Å². The fourth-order valence-electron chi connectivity index (χ4n) is 3.87. The highest BCUT2D eigenvalue weighted by Crippen LogP contribution is 2.22. The van der Waals surface area contributed by atoms with Crippen molar-refractivity contribution in [2.24, 2.45) is 0 Å². The van der Waals surface area contributed by atoms with Crippen molar-refractivity contribution in [3.8, 4) is 11.4 Å². The van der Waals surface area contributed by atoms with Gasteiger partial charge >= 0.3 is 0 Å². The molecule has 0 saturated carbocycles. The molecule has 4 nitrogen and oxygen atoms in total. The first kappa shape index (κ1) is 27.3. The van der Waals surface area contributed by atoms with Crippen molar-refractivity contribution < 1.29 is 18.6 Å². The van der Waals surface area contributed by atoms with Gasteiger partial charge in [-0.05, 0) is 50.3 Å². The van der Waals surface area contributed by atoms with Gasteiger partial charge in [-0.1, -0.05) is 57.6 Å². The molecule has 3 unspecified atom stereocenters. The molecular formula is C27H40F2N2O2. The molecule has 1 fully saturated rings. The van der Waals surface area contributed by atoms with Crippen molar-refractivity contribution in [1.29, 1.82) is 0 Å². The highest BCUT2D eigenvalue weighted by molar-refractivity contribution is 5.55. The average molecular weight is 463 g/mol. The van der Waals surface area contributed by atoms with Crippen LogP contribution in [-0.2, 0) is 11.2 Å². The van der Waals surface area contributed by atoms with E-state index in [1.165, 1.54) is 25.3 Å². The second-order valence-electron chi connectivity index (χ2n) is 8.91. The number of aryl methyl sites for hydroxylation is 1. The van der Waals surface area contributed by atoms with Crippen LogP contribution in [-0.4, -0.2) is 40.1 Å². The van der Waals surface area contributed by atoms with Crippen molar-refractivity contribution in [2.75, 3.05) is 6.61 Å². The minimum atomic E-state index is -0.688. The Morgan fingerprint density at radius 3 is 2.42 bits per heavy atom. The smallest absolute Gasteiger partial charge is 0.162 e. The Labute approximate surface area is 197 Å². The van der Waals surface area contributed by atoms with Crippen LogP contribution in [0, 0.1) is 5.82 Å². The molecule has 2 aromatic rings. The predicted octanol–water partition coefficient (Wildman–Crippen LogP) is 6.85. The monoisotopic (exact) mass is 462 g/mol. The average Bonchev–Trinajstić information content (AvgIpc) is 3.22. The molecule has 1 saturated heterocycles. The summed E-state index contributed by atoms with van der Waals surface area (Å²) in [6.07, 6.45) is 13.9. The van der Waals surface area contributed by atoms with Crippen LogP contribution >= 0.6 is 0 Å². The predicted molar refractivity (Wildman–Crippen MR) is 129 cm³/mol. The molecule has 0 bridgehead atoms. The summed E-state index contributed by atoms with van der Waals surface area (Å²) >= 11 is 0. The van der Waals surface area contributed by atoms with Crippen LogP contribution in [0.25, 0.3) is 11.4 Å². The van der Waals surface area contributed by atoms with Gasteiger partial charge < -0.3 is 9.84 Å². The molecular weight excluding hydrogens is 422 g/mol. The zero-order chi connectivity index (χ0) is 23.9. The molecule has 0 spiro atoms. The van der Waals surface area contributed by atoms with Crippen LogP contribution < -0.4 is 0 Å². The van der Waals surface area contributed by atoms with E-state index in [2.05, 4.69) is 16.9 Å². The van der Waals surface area contributed by atoms with E-state index in [0.29, 0.717) is 24.4 Å². The highest BCUT2D eigenvalue weighted by atomic mass is 19.1. The lowest BCUT2D eigenvalue weighted by Crippen LogP contribution is -2.16. The highest BCUT2D eigenvalue weighted by Gasteiger charge is 2.26. The van der Waals surface area contributed by atoms with Crippen molar-refractivity contribution in [3.05, 3.63) is 48.0 Å². The molecule has 0 aliphatic carbocycles. The first-order valence-corrected chi connectivity index (χ1v) is 12.5. The van der Waals surface area contributed by atoms with Crippen LogP contribution in [0.2, 0.25) is 0 Å². The number of halogens is 2. The second-order valence-corrected chi connectivity index (χ2v) is 8.91. The van der Waals surface area contributed by atoms with Gasteiger partial charge in [-0.15, -0.1) is 0 Å². The lowest BCUT2D eigenvalue weighted by molar-refractivity contribution is 0.0689. The van der Waals surface area contributed by atoms with E-state index in [0.717, 1.165) is 50.5 Å². The summed E-state index contributed by atoms with van der Waals surface area (Å²) in [5, 5.41) is 9.18. The molecule has 0 amide bonds. The SMILES string of the molecule is CC(O)CCCCCc1cnc(-c2ccccc2F)nc1.CCCCCCC1OCCC1F. The molecule has 33 heavy (non-hydrogen) atoms. The van der Waals surface area contributed by atoms with Gasteiger partial charge in [0, 0.05) is 25.4 Å². The third kappa shape index (κ3) is 10.7. The van der Waals surface area contributed by atoms with Gasteiger partial charge in [0.25, 0.3) is 0 Å². The van der Waals surface area contributed by atoms with Gasteiger partial charge in [0.15, 0.2) is 5.82 Å². The fourth-order valence-corrected chi connectivity index (χ4v) is 3.87. The Hall–Kier alpha value is -1.92. The third-order valence-electron chi connectivity index (χ3n) is 5.88. The second kappa shape index (κ2) is 15.8. The maximum absolute atomic E-state index is 13.6. The summed E-state index contributed by atoms with van der Waals surface area (Å²) in [7, 11) is 0. The van der Waals surface area contributed by atoms with Crippen molar-refractivity contribution in [3.63, 3.8) is 0 Å². The van der Waals surface area contributed by atoms with Crippen LogP contribution in [0.1, 0.15) is 83.6 Å². The van der Waals surface area contributed by atoms with Gasteiger partial charge in [-0.2, -0.15) is 0 Å². The first-order chi connectivity index (χ1) is 16.0. The summed E-state index contributed by atoms with van der Waals surface area (Å²) < 4.78 is 31.9. The van der Waals surface area contributed by atoms with E-state index in [4.69, 9.17) is 4.74 Å². The number of nitrogens with zero attached hydrogens (tertiary/aromatic N) is 2. The Balaban J connectivity index is 0.000000273. The Bertz CT molecular complexity index is 771. The third-order valence-corrected chi connectivity index (χ3v) is 5.88. The van der Waals surface area contributed by atoms with E-state index in [1.54, 1.807) is 30.6 Å². The number of rotatable bonds is 12. The largest absolute Gasteiger partial charge is 0.393 e. The van der Waals surface area contributed by atoms with Crippen molar-refractivity contribution >= 4 is 0 Å². The number of aliphatic hydroxyl groups excluding tert-OH is 1. The number of aliphatic hydroxyl groups is 1. The Kier molecular flexibility index (Phi) is 13.1. The zero-order valence-corrected chi connectivity index (χ0v) is 20.2. The van der Waals surface area contributed by atoms with Gasteiger partial charge in [0.05, 0.1) is 17.8 Å². The molecule has 6 heteroatoms.